The van der Waals surface area contributed by atoms with E-state index in [1.54, 1.807) is 12.1 Å². The van der Waals surface area contributed by atoms with Crippen LogP contribution in [0.1, 0.15) is 32.7 Å². The van der Waals surface area contributed by atoms with Crippen molar-refractivity contribution in [2.45, 2.75) is 25.4 Å². The topological polar surface area (TPSA) is 81.1 Å². The highest BCUT2D eigenvalue weighted by Crippen LogP contribution is 2.33. The number of nitrogens with zero attached hydrogens (tertiary/aromatic N) is 2. The van der Waals surface area contributed by atoms with Crippen molar-refractivity contribution < 1.29 is 17.6 Å². The van der Waals surface area contributed by atoms with Gasteiger partial charge < -0.3 is 5.32 Å². The summed E-state index contributed by atoms with van der Waals surface area (Å²) >= 11 is 0. The number of amides is 1. The Morgan fingerprint density at radius 2 is 1.79 bits per heavy atom. The number of sulfone groups is 1. The summed E-state index contributed by atoms with van der Waals surface area (Å²) in [6, 6.07) is 11.0. The maximum Gasteiger partial charge on any atom is 0.256 e. The van der Waals surface area contributed by atoms with Gasteiger partial charge in [-0.05, 0) is 61.4 Å². The Labute approximate surface area is 161 Å². The van der Waals surface area contributed by atoms with Crippen LogP contribution in [0.5, 0.6) is 0 Å². The molecular weight excluding hydrogens is 381 g/mol. The Hall–Kier alpha value is -3.00. The van der Waals surface area contributed by atoms with Gasteiger partial charge in [0, 0.05) is 11.1 Å². The Kier molecular flexibility index (Phi) is 4.30. The molecule has 3 aromatic rings. The lowest BCUT2D eigenvalue weighted by Gasteiger charge is -2.12. The molecule has 0 saturated heterocycles. The summed E-state index contributed by atoms with van der Waals surface area (Å²) in [5, 5.41) is 7.17. The van der Waals surface area contributed by atoms with Gasteiger partial charge in [-0.15, -0.1) is 0 Å². The van der Waals surface area contributed by atoms with Gasteiger partial charge in [-0.3, -0.25) is 4.79 Å². The van der Waals surface area contributed by atoms with E-state index in [4.69, 9.17) is 0 Å². The highest BCUT2D eigenvalue weighted by molar-refractivity contribution is 7.90. The normalized spacial score (nSPS) is 14.7. The molecule has 28 heavy (non-hydrogen) atoms. The quantitative estimate of drug-likeness (QED) is 0.733. The molecule has 1 aliphatic heterocycles. The Morgan fingerprint density at radius 3 is 2.46 bits per heavy atom. The first-order chi connectivity index (χ1) is 13.2. The standard InChI is InChI=1S/C20H18FN3O3S/c1-12-3-4-14(9-13(12)2)20(25)22-19-17-10-28(26,27)11-18(17)23-24(19)16-7-5-15(21)6-8-16/h3-9H,10-11H2,1-2H3,(H,22,25). The lowest BCUT2D eigenvalue weighted by Crippen LogP contribution is -2.17. The van der Waals surface area contributed by atoms with E-state index in [9.17, 15) is 17.6 Å². The Balaban J connectivity index is 1.77. The predicted molar refractivity (Wildman–Crippen MR) is 104 cm³/mol. The average molecular weight is 399 g/mol. The number of anilines is 1. The summed E-state index contributed by atoms with van der Waals surface area (Å²) < 4.78 is 38.8. The van der Waals surface area contributed by atoms with E-state index >= 15 is 0 Å². The van der Waals surface area contributed by atoms with E-state index in [-0.39, 0.29) is 17.4 Å². The third-order valence-electron chi connectivity index (χ3n) is 4.86. The number of aryl methyl sites for hydroxylation is 2. The van der Waals surface area contributed by atoms with E-state index < -0.39 is 15.7 Å². The van der Waals surface area contributed by atoms with Crippen LogP contribution < -0.4 is 5.32 Å². The Morgan fingerprint density at radius 1 is 1.07 bits per heavy atom. The molecule has 0 saturated carbocycles. The van der Waals surface area contributed by atoms with E-state index in [0.29, 0.717) is 28.3 Å². The minimum Gasteiger partial charge on any atom is -0.306 e. The highest BCUT2D eigenvalue weighted by Gasteiger charge is 2.33. The molecule has 1 N–H and O–H groups in total. The van der Waals surface area contributed by atoms with E-state index in [1.165, 1.54) is 28.9 Å². The summed E-state index contributed by atoms with van der Waals surface area (Å²) in [7, 11) is -3.29. The first-order valence-electron chi connectivity index (χ1n) is 8.69. The van der Waals surface area contributed by atoms with Crippen LogP contribution in [0.4, 0.5) is 10.2 Å². The fraction of sp³-hybridized carbons (Fsp3) is 0.200. The van der Waals surface area contributed by atoms with Crippen molar-refractivity contribution in [2.75, 3.05) is 5.32 Å². The first kappa shape index (κ1) is 18.4. The van der Waals surface area contributed by atoms with Crippen LogP contribution in [0.2, 0.25) is 0 Å². The number of rotatable bonds is 3. The number of carbonyl (C=O) groups is 1. The fourth-order valence-electron chi connectivity index (χ4n) is 3.20. The zero-order chi connectivity index (χ0) is 20.1. The zero-order valence-electron chi connectivity index (χ0n) is 15.4. The molecule has 1 aliphatic rings. The first-order valence-corrected chi connectivity index (χ1v) is 10.5. The van der Waals surface area contributed by atoms with Crippen molar-refractivity contribution in [1.29, 1.82) is 0 Å². The van der Waals surface area contributed by atoms with Crippen LogP contribution in [0.3, 0.4) is 0 Å². The molecule has 1 aromatic heterocycles. The number of carbonyl (C=O) groups excluding carboxylic acids is 1. The van der Waals surface area contributed by atoms with Crippen molar-refractivity contribution in [2.24, 2.45) is 0 Å². The van der Waals surface area contributed by atoms with Crippen LogP contribution >= 0.6 is 0 Å². The molecule has 0 spiro atoms. The summed E-state index contributed by atoms with van der Waals surface area (Å²) in [4.78, 5) is 12.8. The second-order valence-electron chi connectivity index (χ2n) is 6.95. The molecule has 0 radical (unpaired) electrons. The number of hydrogen-bond donors (Lipinski definition) is 1. The monoisotopic (exact) mass is 399 g/mol. The molecule has 0 atom stereocenters. The van der Waals surface area contributed by atoms with E-state index in [0.717, 1.165) is 11.1 Å². The molecule has 0 fully saturated rings. The molecule has 1 amide bonds. The highest BCUT2D eigenvalue weighted by atomic mass is 32.2. The van der Waals surface area contributed by atoms with Crippen LogP contribution in [-0.4, -0.2) is 24.1 Å². The molecule has 144 valence electrons. The molecule has 0 bridgehead atoms. The van der Waals surface area contributed by atoms with Crippen molar-refractivity contribution in [3.05, 3.63) is 76.2 Å². The van der Waals surface area contributed by atoms with Gasteiger partial charge in [-0.1, -0.05) is 6.07 Å². The maximum absolute atomic E-state index is 13.3. The Bertz CT molecular complexity index is 1200. The van der Waals surface area contributed by atoms with Gasteiger partial charge >= 0.3 is 0 Å². The van der Waals surface area contributed by atoms with Crippen LogP contribution in [0.25, 0.3) is 5.69 Å². The summed E-state index contributed by atoms with van der Waals surface area (Å²) in [5.74, 6) is -0.828. The number of aromatic nitrogens is 2. The second kappa shape index (κ2) is 6.56. The average Bonchev–Trinajstić information content (AvgIpc) is 3.10. The summed E-state index contributed by atoms with van der Waals surface area (Å²) in [6.45, 7) is 3.87. The van der Waals surface area contributed by atoms with Crippen molar-refractivity contribution in [1.82, 2.24) is 9.78 Å². The predicted octanol–water partition coefficient (Wildman–Crippen LogP) is 3.31. The van der Waals surface area contributed by atoms with Gasteiger partial charge in [-0.2, -0.15) is 5.10 Å². The lowest BCUT2D eigenvalue weighted by molar-refractivity contribution is 0.102. The van der Waals surface area contributed by atoms with E-state index in [1.807, 2.05) is 19.9 Å². The molecular formula is C20H18FN3O3S. The lowest BCUT2D eigenvalue weighted by atomic mass is 10.1. The minimum absolute atomic E-state index is 0.178. The fourth-order valence-corrected chi connectivity index (χ4v) is 4.70. The van der Waals surface area contributed by atoms with Gasteiger partial charge in [-0.25, -0.2) is 17.5 Å². The van der Waals surface area contributed by atoms with Crippen molar-refractivity contribution in [3.8, 4) is 5.69 Å². The van der Waals surface area contributed by atoms with Crippen LogP contribution in [-0.2, 0) is 21.3 Å². The van der Waals surface area contributed by atoms with Gasteiger partial charge in [0.15, 0.2) is 9.84 Å². The molecule has 2 heterocycles. The molecule has 0 unspecified atom stereocenters. The number of nitrogens with one attached hydrogen (secondary N) is 1. The van der Waals surface area contributed by atoms with Crippen molar-refractivity contribution >= 4 is 21.6 Å². The number of halogens is 1. The third-order valence-corrected chi connectivity index (χ3v) is 6.30. The maximum atomic E-state index is 13.3. The minimum atomic E-state index is -3.29. The molecule has 2 aromatic carbocycles. The zero-order valence-corrected chi connectivity index (χ0v) is 16.2. The SMILES string of the molecule is Cc1ccc(C(=O)Nc2c3c(nn2-c2ccc(F)cc2)CS(=O)(=O)C3)cc1C. The number of hydrogen-bond acceptors (Lipinski definition) is 4. The van der Waals surface area contributed by atoms with Crippen molar-refractivity contribution in [3.63, 3.8) is 0 Å². The number of benzene rings is 2. The molecule has 6 nitrogen and oxygen atoms in total. The molecule has 4 rings (SSSR count). The largest absolute Gasteiger partial charge is 0.306 e. The molecule has 8 heteroatoms. The van der Waals surface area contributed by atoms with Gasteiger partial charge in [0.2, 0.25) is 0 Å². The smallest absolute Gasteiger partial charge is 0.256 e. The number of fused-ring (bicyclic) bond motifs is 1. The summed E-state index contributed by atoms with van der Waals surface area (Å²) in [5.41, 5.74) is 3.92. The van der Waals surface area contributed by atoms with Crippen LogP contribution in [0, 0.1) is 19.7 Å². The van der Waals surface area contributed by atoms with Crippen LogP contribution in [0.15, 0.2) is 42.5 Å². The summed E-state index contributed by atoms with van der Waals surface area (Å²) in [6.07, 6.45) is 0. The third kappa shape index (κ3) is 3.31. The van der Waals surface area contributed by atoms with E-state index in [2.05, 4.69) is 10.4 Å². The molecule has 0 aliphatic carbocycles. The van der Waals surface area contributed by atoms with Gasteiger partial charge in [0.25, 0.3) is 5.91 Å². The second-order valence-corrected chi connectivity index (χ2v) is 9.01. The van der Waals surface area contributed by atoms with Gasteiger partial charge in [0.1, 0.15) is 11.6 Å². The van der Waals surface area contributed by atoms with Gasteiger partial charge in [0.05, 0.1) is 22.9 Å².